The van der Waals surface area contributed by atoms with Crippen LogP contribution in [0.25, 0.3) is 10.9 Å². The topological polar surface area (TPSA) is 61.2 Å². The van der Waals surface area contributed by atoms with Gasteiger partial charge in [0.2, 0.25) is 0 Å². The highest BCUT2D eigenvalue weighted by Crippen LogP contribution is 2.34. The molecule has 2 rings (SSSR count). The smallest absolute Gasteiger partial charge is 0.153 e. The number of aryl methyl sites for hydroxylation is 1. The minimum atomic E-state index is -3.14. The van der Waals surface area contributed by atoms with Crippen molar-refractivity contribution in [2.45, 2.75) is 5.75 Å². The van der Waals surface area contributed by atoms with Crippen LogP contribution in [0.5, 0.6) is 5.75 Å². The zero-order valence-electron chi connectivity index (χ0n) is 10.3. The summed E-state index contributed by atoms with van der Waals surface area (Å²) in [6.45, 7) is 0. The molecule has 1 heterocycles. The Labute approximate surface area is 114 Å². The summed E-state index contributed by atoms with van der Waals surface area (Å²) < 4.78 is 30.7. The normalized spacial score (nSPS) is 12.0. The van der Waals surface area contributed by atoms with Crippen molar-refractivity contribution in [3.63, 3.8) is 0 Å². The van der Waals surface area contributed by atoms with E-state index in [1.165, 1.54) is 6.26 Å². The second-order valence-electron chi connectivity index (χ2n) is 4.11. The lowest BCUT2D eigenvalue weighted by molar-refractivity contribution is 0.419. The molecule has 18 heavy (non-hydrogen) atoms. The molecule has 0 spiro atoms. The van der Waals surface area contributed by atoms with E-state index in [0.717, 1.165) is 15.4 Å². The molecule has 0 aliphatic rings. The summed E-state index contributed by atoms with van der Waals surface area (Å²) in [5.74, 6) is 0.525. The van der Waals surface area contributed by atoms with Gasteiger partial charge in [0.15, 0.2) is 9.84 Å². The van der Waals surface area contributed by atoms with Crippen LogP contribution < -0.4 is 4.74 Å². The van der Waals surface area contributed by atoms with Crippen molar-refractivity contribution in [3.05, 3.63) is 22.3 Å². The van der Waals surface area contributed by atoms with Crippen LogP contribution in [0.15, 0.2) is 16.6 Å². The van der Waals surface area contributed by atoms with Gasteiger partial charge in [-0.15, -0.1) is 0 Å². The van der Waals surface area contributed by atoms with Crippen molar-refractivity contribution in [2.24, 2.45) is 7.05 Å². The summed E-state index contributed by atoms with van der Waals surface area (Å²) in [7, 11) is 0.192. The lowest BCUT2D eigenvalue weighted by atomic mass is 10.2. The maximum atomic E-state index is 11.4. The van der Waals surface area contributed by atoms with Gasteiger partial charge in [0, 0.05) is 17.8 Å². The number of halogens is 1. The lowest BCUT2D eigenvalue weighted by Gasteiger charge is -2.04. The number of benzene rings is 1. The fourth-order valence-electron chi connectivity index (χ4n) is 1.94. The number of ether oxygens (including phenoxy) is 1. The minimum Gasteiger partial charge on any atom is -0.496 e. The predicted molar refractivity (Wildman–Crippen MR) is 73.5 cm³/mol. The van der Waals surface area contributed by atoms with Gasteiger partial charge in [-0.05, 0) is 28.1 Å². The van der Waals surface area contributed by atoms with E-state index in [4.69, 9.17) is 4.74 Å². The molecule has 0 N–H and O–H groups in total. The van der Waals surface area contributed by atoms with E-state index in [1.807, 2.05) is 6.07 Å². The average molecular weight is 333 g/mol. The number of methoxy groups -OCH3 is 1. The quantitative estimate of drug-likeness (QED) is 0.861. The Bertz CT molecular complexity index is 707. The molecule has 0 saturated carbocycles. The molecule has 0 atom stereocenters. The highest BCUT2D eigenvalue weighted by molar-refractivity contribution is 9.10. The number of nitrogens with zero attached hydrogens (tertiary/aromatic N) is 2. The van der Waals surface area contributed by atoms with E-state index in [-0.39, 0.29) is 5.75 Å². The summed E-state index contributed by atoms with van der Waals surface area (Å²) in [4.78, 5) is 0. The van der Waals surface area contributed by atoms with Crippen LogP contribution in [0.2, 0.25) is 0 Å². The fourth-order valence-corrected chi connectivity index (χ4v) is 3.23. The molecule has 98 valence electrons. The molecule has 0 saturated heterocycles. The van der Waals surface area contributed by atoms with Crippen molar-refractivity contribution >= 4 is 36.7 Å². The van der Waals surface area contributed by atoms with E-state index in [0.29, 0.717) is 11.4 Å². The molecule has 1 aromatic heterocycles. The highest BCUT2D eigenvalue weighted by Gasteiger charge is 2.19. The van der Waals surface area contributed by atoms with Crippen molar-refractivity contribution in [2.75, 3.05) is 13.4 Å². The zero-order valence-corrected chi connectivity index (χ0v) is 12.7. The first-order valence-electron chi connectivity index (χ1n) is 5.19. The van der Waals surface area contributed by atoms with Gasteiger partial charge in [0.05, 0.1) is 29.5 Å². The monoisotopic (exact) mass is 332 g/mol. The van der Waals surface area contributed by atoms with Crippen molar-refractivity contribution in [3.8, 4) is 5.75 Å². The summed E-state index contributed by atoms with van der Waals surface area (Å²) >= 11 is 3.44. The van der Waals surface area contributed by atoms with Crippen molar-refractivity contribution in [1.82, 2.24) is 9.78 Å². The number of fused-ring (bicyclic) bond motifs is 1. The van der Waals surface area contributed by atoms with Gasteiger partial charge in [-0.2, -0.15) is 5.10 Å². The van der Waals surface area contributed by atoms with Crippen LogP contribution in [0, 0.1) is 0 Å². The summed E-state index contributed by atoms with van der Waals surface area (Å²) in [6.07, 6.45) is 1.19. The maximum Gasteiger partial charge on any atom is 0.153 e. The molecule has 7 heteroatoms. The van der Waals surface area contributed by atoms with Crippen molar-refractivity contribution in [1.29, 1.82) is 0 Å². The zero-order chi connectivity index (χ0) is 13.5. The van der Waals surface area contributed by atoms with Gasteiger partial charge >= 0.3 is 0 Å². The van der Waals surface area contributed by atoms with E-state index in [9.17, 15) is 8.42 Å². The summed E-state index contributed by atoms with van der Waals surface area (Å²) in [5, 5.41) is 5.01. The Hall–Kier alpha value is -1.08. The molecule has 0 bridgehead atoms. The standard InChI is InChI=1S/C11H13BrN2O3S/c1-14-11-7(12)4-5-9(17-2)10(11)8(13-14)6-18(3,15)16/h4-5H,6H2,1-3H3. The Balaban J connectivity index is 2.79. The molecule has 0 fully saturated rings. The second-order valence-corrected chi connectivity index (χ2v) is 7.11. The first-order chi connectivity index (χ1) is 8.33. The van der Waals surface area contributed by atoms with E-state index < -0.39 is 9.84 Å². The van der Waals surface area contributed by atoms with E-state index in [1.54, 1.807) is 24.9 Å². The molecule has 0 aliphatic carbocycles. The molecule has 0 aliphatic heterocycles. The molecule has 0 unspecified atom stereocenters. The maximum absolute atomic E-state index is 11.4. The third-order valence-corrected chi connectivity index (χ3v) is 4.03. The van der Waals surface area contributed by atoms with Crippen molar-refractivity contribution < 1.29 is 13.2 Å². The van der Waals surface area contributed by atoms with Crippen LogP contribution in [-0.2, 0) is 22.6 Å². The summed E-state index contributed by atoms with van der Waals surface area (Å²) in [5.41, 5.74) is 1.33. The minimum absolute atomic E-state index is 0.100. The SMILES string of the molecule is COc1ccc(Br)c2c1c(CS(C)(=O)=O)nn2C. The van der Waals surface area contributed by atoms with E-state index >= 15 is 0 Å². The number of hydrogen-bond donors (Lipinski definition) is 0. The van der Waals surface area contributed by atoms with Gasteiger partial charge in [-0.3, -0.25) is 4.68 Å². The van der Waals surface area contributed by atoms with Gasteiger partial charge in [0.25, 0.3) is 0 Å². The van der Waals surface area contributed by atoms with Gasteiger partial charge < -0.3 is 4.74 Å². The third kappa shape index (κ3) is 2.37. The van der Waals surface area contributed by atoms with Crippen LogP contribution >= 0.6 is 15.9 Å². The number of rotatable bonds is 3. The van der Waals surface area contributed by atoms with Crippen LogP contribution in [0.4, 0.5) is 0 Å². The van der Waals surface area contributed by atoms with Crippen LogP contribution in [-0.4, -0.2) is 31.6 Å². The predicted octanol–water partition coefficient (Wildman–Crippen LogP) is 1.89. The molecule has 5 nitrogen and oxygen atoms in total. The third-order valence-electron chi connectivity index (χ3n) is 2.59. The molecule has 0 amide bonds. The molecule has 2 aromatic rings. The Kier molecular flexibility index (Phi) is 3.37. The van der Waals surface area contributed by atoms with Crippen LogP contribution in [0.3, 0.4) is 0 Å². The van der Waals surface area contributed by atoms with Crippen LogP contribution in [0.1, 0.15) is 5.69 Å². The molecule has 1 aromatic carbocycles. The average Bonchev–Trinajstić information content (AvgIpc) is 2.55. The first-order valence-corrected chi connectivity index (χ1v) is 8.04. The number of hydrogen-bond acceptors (Lipinski definition) is 4. The first kappa shape index (κ1) is 13.4. The van der Waals surface area contributed by atoms with Gasteiger partial charge in [-0.1, -0.05) is 0 Å². The highest BCUT2D eigenvalue weighted by atomic mass is 79.9. The molecular weight excluding hydrogens is 320 g/mol. The van der Waals surface area contributed by atoms with E-state index in [2.05, 4.69) is 21.0 Å². The molecule has 0 radical (unpaired) electrons. The number of sulfone groups is 1. The largest absolute Gasteiger partial charge is 0.496 e. The second kappa shape index (κ2) is 4.55. The Morgan fingerprint density at radius 2 is 2.11 bits per heavy atom. The number of aromatic nitrogens is 2. The molecular formula is C11H13BrN2O3S. The fraction of sp³-hybridized carbons (Fsp3) is 0.364. The van der Waals surface area contributed by atoms with Gasteiger partial charge in [0.1, 0.15) is 5.75 Å². The lowest BCUT2D eigenvalue weighted by Crippen LogP contribution is -2.02. The van der Waals surface area contributed by atoms with Gasteiger partial charge in [-0.25, -0.2) is 8.42 Å². The Morgan fingerprint density at radius 1 is 1.44 bits per heavy atom. The summed E-state index contributed by atoms with van der Waals surface area (Å²) in [6, 6.07) is 3.65. The Morgan fingerprint density at radius 3 is 2.67 bits per heavy atom.